The fraction of sp³-hybridized carbons (Fsp3) is 0.750. The van der Waals surface area contributed by atoms with Crippen molar-refractivity contribution < 1.29 is 9.59 Å². The fourth-order valence-electron chi connectivity index (χ4n) is 4.18. The second kappa shape index (κ2) is 7.41. The summed E-state index contributed by atoms with van der Waals surface area (Å²) in [4.78, 5) is 27.1. The van der Waals surface area contributed by atoms with Gasteiger partial charge in [0.05, 0.1) is 11.1 Å². The Kier molecular flexibility index (Phi) is 5.83. The number of rotatable bonds is 6. The molecular weight excluding hydrogens is 328 g/mol. The van der Waals surface area contributed by atoms with Gasteiger partial charge in [0, 0.05) is 38.8 Å². The van der Waals surface area contributed by atoms with Crippen molar-refractivity contribution in [3.05, 3.63) is 17.5 Å². The van der Waals surface area contributed by atoms with Crippen molar-refractivity contribution in [3.8, 4) is 0 Å². The molecule has 1 aromatic rings. The third-order valence-corrected chi connectivity index (χ3v) is 6.40. The number of aromatic nitrogens is 2. The van der Waals surface area contributed by atoms with E-state index in [9.17, 15) is 9.59 Å². The third kappa shape index (κ3) is 3.64. The summed E-state index contributed by atoms with van der Waals surface area (Å²) in [7, 11) is 3.57. The Morgan fingerprint density at radius 2 is 1.96 bits per heavy atom. The molecule has 146 valence electrons. The highest BCUT2D eigenvalue weighted by Crippen LogP contribution is 2.56. The Hall–Kier alpha value is -1.85. The molecule has 1 saturated carbocycles. The zero-order valence-electron chi connectivity index (χ0n) is 17.3. The van der Waals surface area contributed by atoms with Crippen LogP contribution in [0.2, 0.25) is 0 Å². The van der Waals surface area contributed by atoms with E-state index in [1.54, 1.807) is 19.0 Å². The molecule has 0 bridgehead atoms. The minimum absolute atomic E-state index is 0.0601. The summed E-state index contributed by atoms with van der Waals surface area (Å²) in [5.41, 5.74) is 1.27. The van der Waals surface area contributed by atoms with Crippen LogP contribution in [-0.2, 0) is 16.1 Å². The van der Waals surface area contributed by atoms with Crippen LogP contribution in [-0.4, -0.2) is 47.1 Å². The molecule has 0 spiro atoms. The average Bonchev–Trinajstić information content (AvgIpc) is 2.99. The average molecular weight is 363 g/mol. The van der Waals surface area contributed by atoms with Crippen molar-refractivity contribution in [2.24, 2.45) is 16.7 Å². The van der Waals surface area contributed by atoms with E-state index in [1.165, 1.54) is 0 Å². The molecule has 2 amide bonds. The van der Waals surface area contributed by atoms with Crippen LogP contribution >= 0.6 is 0 Å². The highest BCUT2D eigenvalue weighted by Gasteiger charge is 2.58. The molecule has 0 saturated heterocycles. The summed E-state index contributed by atoms with van der Waals surface area (Å²) in [6.07, 6.45) is 2.34. The number of nitrogens with one attached hydrogen (secondary N) is 1. The van der Waals surface area contributed by atoms with Gasteiger partial charge in [-0.25, -0.2) is 0 Å². The minimum atomic E-state index is -0.526. The maximum atomic E-state index is 12.9. The number of amides is 2. The first-order chi connectivity index (χ1) is 12.0. The maximum Gasteiger partial charge on any atom is 0.226 e. The smallest absolute Gasteiger partial charge is 0.226 e. The lowest BCUT2D eigenvalue weighted by atomic mass is 9.65. The van der Waals surface area contributed by atoms with Gasteiger partial charge in [-0.1, -0.05) is 20.8 Å². The molecule has 2 rings (SSSR count). The Balaban J connectivity index is 1.94. The standard InChI is InChI=1S/C20H34N4O2/c1-14-13-15(2)24(22-14)12-8-11-21-18(26)20(5)10-9-16(19(20,3)4)17(25)23(6)7/h13,16H,8-12H2,1-7H3,(H,21,26)/t16-,20+/m0/s1. The third-order valence-electron chi connectivity index (χ3n) is 6.40. The van der Waals surface area contributed by atoms with E-state index < -0.39 is 5.41 Å². The number of carbonyl (C=O) groups is 2. The topological polar surface area (TPSA) is 67.2 Å². The van der Waals surface area contributed by atoms with Gasteiger partial charge in [-0.05, 0) is 44.6 Å². The van der Waals surface area contributed by atoms with Crippen LogP contribution in [0.1, 0.15) is 51.4 Å². The normalized spacial score (nSPS) is 24.5. The Labute approximate surface area is 157 Å². The lowest BCUT2D eigenvalue weighted by Crippen LogP contribution is -2.49. The summed E-state index contributed by atoms with van der Waals surface area (Å²) < 4.78 is 1.98. The first-order valence-corrected chi connectivity index (χ1v) is 9.51. The second-order valence-electron chi connectivity index (χ2n) is 8.64. The molecule has 1 fully saturated rings. The van der Waals surface area contributed by atoms with E-state index in [2.05, 4.69) is 30.3 Å². The summed E-state index contributed by atoms with van der Waals surface area (Å²) in [5.74, 6) is 0.0731. The van der Waals surface area contributed by atoms with Gasteiger partial charge in [-0.15, -0.1) is 0 Å². The molecule has 1 aromatic heterocycles. The highest BCUT2D eigenvalue weighted by atomic mass is 16.2. The molecular formula is C20H34N4O2. The van der Waals surface area contributed by atoms with Crippen molar-refractivity contribution in [2.75, 3.05) is 20.6 Å². The van der Waals surface area contributed by atoms with Crippen LogP contribution in [0, 0.1) is 30.6 Å². The summed E-state index contributed by atoms with van der Waals surface area (Å²) >= 11 is 0. The summed E-state index contributed by atoms with van der Waals surface area (Å²) in [5, 5.41) is 7.55. The SMILES string of the molecule is Cc1cc(C)n(CCCNC(=O)[C@@]2(C)CC[C@@H](C(=O)N(C)C)C2(C)C)n1. The minimum Gasteiger partial charge on any atom is -0.356 e. The molecule has 1 N–H and O–H groups in total. The van der Waals surface area contributed by atoms with Crippen molar-refractivity contribution in [2.45, 2.75) is 60.4 Å². The van der Waals surface area contributed by atoms with Gasteiger partial charge in [0.15, 0.2) is 0 Å². The van der Waals surface area contributed by atoms with Crippen molar-refractivity contribution in [3.63, 3.8) is 0 Å². The summed E-state index contributed by atoms with van der Waals surface area (Å²) in [6.45, 7) is 11.6. The Bertz CT molecular complexity index is 677. The van der Waals surface area contributed by atoms with Crippen molar-refractivity contribution >= 4 is 11.8 Å². The molecule has 1 aliphatic carbocycles. The second-order valence-corrected chi connectivity index (χ2v) is 8.64. The van der Waals surface area contributed by atoms with Crippen molar-refractivity contribution in [1.29, 1.82) is 0 Å². The van der Waals surface area contributed by atoms with Crippen LogP contribution in [0.5, 0.6) is 0 Å². The van der Waals surface area contributed by atoms with E-state index in [1.807, 2.05) is 25.5 Å². The van der Waals surface area contributed by atoms with E-state index >= 15 is 0 Å². The molecule has 6 heteroatoms. The molecule has 0 aromatic carbocycles. The Morgan fingerprint density at radius 1 is 1.31 bits per heavy atom. The summed E-state index contributed by atoms with van der Waals surface area (Å²) in [6, 6.07) is 2.06. The Morgan fingerprint density at radius 3 is 2.50 bits per heavy atom. The van der Waals surface area contributed by atoms with Gasteiger partial charge >= 0.3 is 0 Å². The van der Waals surface area contributed by atoms with Gasteiger partial charge in [0.2, 0.25) is 11.8 Å². The molecule has 2 atom stereocenters. The van der Waals surface area contributed by atoms with Crippen LogP contribution in [0.4, 0.5) is 0 Å². The molecule has 0 aliphatic heterocycles. The predicted molar refractivity (Wildman–Crippen MR) is 103 cm³/mol. The van der Waals surface area contributed by atoms with Crippen LogP contribution in [0.25, 0.3) is 0 Å². The maximum absolute atomic E-state index is 12.9. The number of carbonyl (C=O) groups excluding carboxylic acids is 2. The zero-order valence-corrected chi connectivity index (χ0v) is 17.3. The van der Waals surface area contributed by atoms with Gasteiger partial charge in [-0.2, -0.15) is 5.10 Å². The highest BCUT2D eigenvalue weighted by molar-refractivity contribution is 5.87. The van der Waals surface area contributed by atoms with Crippen LogP contribution in [0.3, 0.4) is 0 Å². The van der Waals surface area contributed by atoms with Crippen LogP contribution < -0.4 is 5.32 Å². The van der Waals surface area contributed by atoms with Gasteiger partial charge in [-0.3, -0.25) is 14.3 Å². The fourth-order valence-corrected chi connectivity index (χ4v) is 4.18. The first kappa shape index (κ1) is 20.5. The zero-order chi connectivity index (χ0) is 19.7. The van der Waals surface area contributed by atoms with Gasteiger partial charge in [0.25, 0.3) is 0 Å². The largest absolute Gasteiger partial charge is 0.356 e. The number of aryl methyl sites for hydroxylation is 3. The molecule has 26 heavy (non-hydrogen) atoms. The van der Waals surface area contributed by atoms with E-state index in [-0.39, 0.29) is 23.1 Å². The molecule has 1 aliphatic rings. The van der Waals surface area contributed by atoms with Gasteiger partial charge < -0.3 is 10.2 Å². The molecule has 0 unspecified atom stereocenters. The van der Waals surface area contributed by atoms with Crippen LogP contribution in [0.15, 0.2) is 6.07 Å². The lowest BCUT2D eigenvalue weighted by Gasteiger charge is -2.40. The number of nitrogens with zero attached hydrogens (tertiary/aromatic N) is 3. The molecule has 1 heterocycles. The van der Waals surface area contributed by atoms with Gasteiger partial charge in [0.1, 0.15) is 0 Å². The molecule has 0 radical (unpaired) electrons. The van der Waals surface area contributed by atoms with Crippen molar-refractivity contribution in [1.82, 2.24) is 20.0 Å². The van der Waals surface area contributed by atoms with E-state index in [4.69, 9.17) is 0 Å². The lowest BCUT2D eigenvalue weighted by molar-refractivity contribution is -0.142. The molecule has 6 nitrogen and oxygen atoms in total. The number of hydrogen-bond donors (Lipinski definition) is 1. The monoisotopic (exact) mass is 362 g/mol. The van der Waals surface area contributed by atoms with E-state index in [0.717, 1.165) is 37.2 Å². The first-order valence-electron chi connectivity index (χ1n) is 9.51. The quantitative estimate of drug-likeness (QED) is 0.791. The number of hydrogen-bond acceptors (Lipinski definition) is 3. The van der Waals surface area contributed by atoms with E-state index in [0.29, 0.717) is 6.54 Å². The predicted octanol–water partition coefficient (Wildman–Crippen LogP) is 2.54.